The summed E-state index contributed by atoms with van der Waals surface area (Å²) in [5.41, 5.74) is 2.29. The van der Waals surface area contributed by atoms with Gasteiger partial charge < -0.3 is 15.2 Å². The van der Waals surface area contributed by atoms with Crippen molar-refractivity contribution in [2.24, 2.45) is 0 Å². The van der Waals surface area contributed by atoms with Gasteiger partial charge in [-0.05, 0) is 38.3 Å². The van der Waals surface area contributed by atoms with Crippen LogP contribution in [-0.4, -0.2) is 29.8 Å². The number of rotatable bonds is 5. The maximum Gasteiger partial charge on any atom is 0.223 e. The van der Waals surface area contributed by atoms with Gasteiger partial charge in [0.25, 0.3) is 0 Å². The van der Waals surface area contributed by atoms with Gasteiger partial charge >= 0.3 is 0 Å². The van der Waals surface area contributed by atoms with Crippen molar-refractivity contribution in [1.82, 2.24) is 5.32 Å². The number of amides is 1. The second-order valence-corrected chi connectivity index (χ2v) is 5.26. The van der Waals surface area contributed by atoms with Crippen LogP contribution in [0.25, 0.3) is 0 Å². The molecule has 1 aromatic rings. The molecule has 0 radical (unpaired) electrons. The molecule has 19 heavy (non-hydrogen) atoms. The number of hydrogen-bond acceptors (Lipinski definition) is 3. The van der Waals surface area contributed by atoms with Gasteiger partial charge in [0, 0.05) is 6.04 Å². The summed E-state index contributed by atoms with van der Waals surface area (Å²) < 4.78 is 5.61. The van der Waals surface area contributed by atoms with Gasteiger partial charge in [0.2, 0.25) is 5.91 Å². The Balaban J connectivity index is 1.69. The molecule has 1 amide bonds. The lowest BCUT2D eigenvalue weighted by molar-refractivity contribution is -0.123. The smallest absolute Gasteiger partial charge is 0.223 e. The predicted octanol–water partition coefficient (Wildman–Crippen LogP) is 1.71. The quantitative estimate of drug-likeness (QED) is 0.850. The monoisotopic (exact) mass is 263 g/mol. The number of carbonyl (C=O) groups excluding carboxylic acids is 1. The minimum Gasteiger partial charge on any atom is -0.493 e. The minimum atomic E-state index is -0.239. The average molecular weight is 263 g/mol. The largest absolute Gasteiger partial charge is 0.493 e. The van der Waals surface area contributed by atoms with Crippen LogP contribution < -0.4 is 10.1 Å². The van der Waals surface area contributed by atoms with E-state index < -0.39 is 0 Å². The number of nitrogens with one attached hydrogen (secondary N) is 1. The molecule has 0 aliphatic heterocycles. The molecule has 4 heteroatoms. The lowest BCUT2D eigenvalue weighted by Gasteiger charge is -2.31. The first-order valence-electron chi connectivity index (χ1n) is 6.72. The summed E-state index contributed by atoms with van der Waals surface area (Å²) in [4.78, 5) is 11.6. The Bertz CT molecular complexity index is 453. The SMILES string of the molecule is Cc1ccc(OCCC(=O)NC2CC(O)C2)c(C)c1. The molecular weight excluding hydrogens is 242 g/mol. The molecule has 2 rings (SSSR count). The van der Waals surface area contributed by atoms with Gasteiger partial charge in [-0.25, -0.2) is 0 Å². The van der Waals surface area contributed by atoms with Crippen LogP contribution in [0.15, 0.2) is 18.2 Å². The van der Waals surface area contributed by atoms with Crippen LogP contribution in [0.5, 0.6) is 5.75 Å². The Morgan fingerprint density at radius 2 is 2.16 bits per heavy atom. The molecule has 2 N–H and O–H groups in total. The van der Waals surface area contributed by atoms with Gasteiger partial charge in [-0.3, -0.25) is 4.79 Å². The van der Waals surface area contributed by atoms with Crippen molar-refractivity contribution < 1.29 is 14.6 Å². The van der Waals surface area contributed by atoms with Crippen molar-refractivity contribution in [3.63, 3.8) is 0 Å². The second-order valence-electron chi connectivity index (χ2n) is 5.26. The third-order valence-corrected chi connectivity index (χ3v) is 3.40. The van der Waals surface area contributed by atoms with E-state index in [2.05, 4.69) is 11.4 Å². The Morgan fingerprint density at radius 1 is 1.42 bits per heavy atom. The zero-order valence-electron chi connectivity index (χ0n) is 11.5. The molecule has 0 saturated heterocycles. The van der Waals surface area contributed by atoms with E-state index in [9.17, 15) is 4.79 Å². The lowest BCUT2D eigenvalue weighted by Crippen LogP contribution is -2.46. The third kappa shape index (κ3) is 3.96. The zero-order chi connectivity index (χ0) is 13.8. The van der Waals surface area contributed by atoms with Gasteiger partial charge in [-0.2, -0.15) is 0 Å². The third-order valence-electron chi connectivity index (χ3n) is 3.40. The summed E-state index contributed by atoms with van der Waals surface area (Å²) >= 11 is 0. The van der Waals surface area contributed by atoms with Crippen LogP contribution in [0.3, 0.4) is 0 Å². The molecule has 0 aromatic heterocycles. The molecule has 0 atom stereocenters. The molecule has 4 nitrogen and oxygen atoms in total. The van der Waals surface area contributed by atoms with Crippen molar-refractivity contribution in [2.75, 3.05) is 6.61 Å². The van der Waals surface area contributed by atoms with Crippen LogP contribution in [0, 0.1) is 13.8 Å². The number of carbonyl (C=O) groups is 1. The number of aliphatic hydroxyl groups is 1. The highest BCUT2D eigenvalue weighted by Gasteiger charge is 2.28. The van der Waals surface area contributed by atoms with E-state index in [4.69, 9.17) is 9.84 Å². The summed E-state index contributed by atoms with van der Waals surface area (Å²) in [5, 5.41) is 12.0. The predicted molar refractivity (Wildman–Crippen MR) is 73.2 cm³/mol. The number of ether oxygens (including phenoxy) is 1. The van der Waals surface area contributed by atoms with Gasteiger partial charge in [-0.15, -0.1) is 0 Å². The summed E-state index contributed by atoms with van der Waals surface area (Å²) in [7, 11) is 0. The Kier molecular flexibility index (Phi) is 4.43. The van der Waals surface area contributed by atoms with Crippen LogP contribution in [0.2, 0.25) is 0 Å². The number of hydrogen-bond donors (Lipinski definition) is 2. The molecule has 104 valence electrons. The van der Waals surface area contributed by atoms with Crippen molar-refractivity contribution in [3.05, 3.63) is 29.3 Å². The first-order chi connectivity index (χ1) is 9.04. The molecular formula is C15H21NO3. The van der Waals surface area contributed by atoms with E-state index >= 15 is 0 Å². The van der Waals surface area contributed by atoms with E-state index in [1.807, 2.05) is 26.0 Å². The van der Waals surface area contributed by atoms with E-state index in [0.717, 1.165) is 11.3 Å². The molecule has 0 unspecified atom stereocenters. The van der Waals surface area contributed by atoms with Crippen LogP contribution in [0.4, 0.5) is 0 Å². The maximum atomic E-state index is 11.6. The first-order valence-corrected chi connectivity index (χ1v) is 6.72. The Labute approximate surface area is 113 Å². The van der Waals surface area contributed by atoms with Gasteiger partial charge in [0.05, 0.1) is 19.1 Å². The van der Waals surface area contributed by atoms with E-state index in [1.165, 1.54) is 5.56 Å². The van der Waals surface area contributed by atoms with Crippen molar-refractivity contribution >= 4 is 5.91 Å². The van der Waals surface area contributed by atoms with Gasteiger partial charge in [-0.1, -0.05) is 17.7 Å². The van der Waals surface area contributed by atoms with Crippen LogP contribution >= 0.6 is 0 Å². The highest BCUT2D eigenvalue weighted by molar-refractivity contribution is 5.76. The second kappa shape index (κ2) is 6.06. The molecule has 1 aliphatic rings. The number of aryl methyl sites for hydroxylation is 2. The van der Waals surface area contributed by atoms with Crippen LogP contribution in [-0.2, 0) is 4.79 Å². The molecule has 1 saturated carbocycles. The van der Waals surface area contributed by atoms with E-state index in [1.54, 1.807) is 0 Å². The molecule has 0 spiro atoms. The van der Waals surface area contributed by atoms with Gasteiger partial charge in [0.15, 0.2) is 0 Å². The number of aliphatic hydroxyl groups excluding tert-OH is 1. The van der Waals surface area contributed by atoms with E-state index in [0.29, 0.717) is 25.9 Å². The molecule has 1 aliphatic carbocycles. The standard InChI is InChI=1S/C15H21NO3/c1-10-3-4-14(11(2)7-10)19-6-5-15(18)16-12-8-13(17)9-12/h3-4,7,12-13,17H,5-6,8-9H2,1-2H3,(H,16,18). The van der Waals surface area contributed by atoms with Crippen molar-refractivity contribution in [3.8, 4) is 5.75 Å². The van der Waals surface area contributed by atoms with Crippen LogP contribution in [0.1, 0.15) is 30.4 Å². The van der Waals surface area contributed by atoms with Crippen molar-refractivity contribution in [1.29, 1.82) is 0 Å². The summed E-state index contributed by atoms with van der Waals surface area (Å²) in [5.74, 6) is 0.819. The fourth-order valence-corrected chi connectivity index (χ4v) is 2.22. The topological polar surface area (TPSA) is 58.6 Å². The lowest BCUT2D eigenvalue weighted by atomic mass is 9.89. The molecule has 0 bridgehead atoms. The summed E-state index contributed by atoms with van der Waals surface area (Å²) in [6, 6.07) is 6.14. The fourth-order valence-electron chi connectivity index (χ4n) is 2.22. The van der Waals surface area contributed by atoms with E-state index in [-0.39, 0.29) is 18.1 Å². The summed E-state index contributed by atoms with van der Waals surface area (Å²) in [6.45, 7) is 4.42. The zero-order valence-corrected chi connectivity index (χ0v) is 11.5. The average Bonchev–Trinajstić information content (AvgIpc) is 2.30. The van der Waals surface area contributed by atoms with Crippen molar-refractivity contribution in [2.45, 2.75) is 45.3 Å². The molecule has 1 aromatic carbocycles. The number of benzene rings is 1. The highest BCUT2D eigenvalue weighted by Crippen LogP contribution is 2.20. The molecule has 0 heterocycles. The normalized spacial score (nSPS) is 21.6. The Morgan fingerprint density at radius 3 is 2.79 bits per heavy atom. The molecule has 1 fully saturated rings. The Hall–Kier alpha value is -1.55. The summed E-state index contributed by atoms with van der Waals surface area (Å²) in [6.07, 6.45) is 1.45. The maximum absolute atomic E-state index is 11.6. The fraction of sp³-hybridized carbons (Fsp3) is 0.533. The first kappa shape index (κ1) is 13.9. The minimum absolute atomic E-state index is 0.0123. The highest BCUT2D eigenvalue weighted by atomic mass is 16.5. The van der Waals surface area contributed by atoms with Gasteiger partial charge in [0.1, 0.15) is 5.75 Å².